The van der Waals surface area contributed by atoms with E-state index in [0.29, 0.717) is 26.4 Å². The molecule has 0 spiro atoms. The normalized spacial score (nSPS) is 10.4. The number of benzene rings is 2. The smallest absolute Gasteiger partial charge is 0.120 e. The van der Waals surface area contributed by atoms with Crippen LogP contribution in [0.3, 0.4) is 0 Å². The van der Waals surface area contributed by atoms with Crippen LogP contribution in [-0.2, 0) is 4.74 Å². The van der Waals surface area contributed by atoms with Gasteiger partial charge in [0.1, 0.15) is 24.7 Å². The molecular formula is C16H16Br2O3. The van der Waals surface area contributed by atoms with E-state index >= 15 is 0 Å². The standard InChI is InChI=1S/C16H16Br2O3/c17-13-3-1-5-15(11-13)20-9-7-19-8-10-21-16-6-2-4-14(18)12-16/h1-6,11-12H,7-10H2. The van der Waals surface area contributed by atoms with Crippen molar-refractivity contribution >= 4 is 31.9 Å². The van der Waals surface area contributed by atoms with E-state index in [-0.39, 0.29) is 0 Å². The van der Waals surface area contributed by atoms with Crippen LogP contribution in [0, 0.1) is 0 Å². The summed E-state index contributed by atoms with van der Waals surface area (Å²) in [6.45, 7) is 2.11. The van der Waals surface area contributed by atoms with Crippen molar-refractivity contribution in [1.82, 2.24) is 0 Å². The highest BCUT2D eigenvalue weighted by atomic mass is 79.9. The molecule has 0 atom stereocenters. The summed E-state index contributed by atoms with van der Waals surface area (Å²) in [5.74, 6) is 1.66. The van der Waals surface area contributed by atoms with E-state index in [1.165, 1.54) is 0 Å². The summed E-state index contributed by atoms with van der Waals surface area (Å²) >= 11 is 6.80. The van der Waals surface area contributed by atoms with Crippen molar-refractivity contribution < 1.29 is 14.2 Å². The first-order valence-electron chi connectivity index (χ1n) is 6.58. The Bertz CT molecular complexity index is 511. The molecule has 112 valence electrons. The average Bonchev–Trinajstić information content (AvgIpc) is 2.46. The Morgan fingerprint density at radius 1 is 0.667 bits per heavy atom. The summed E-state index contributed by atoms with van der Waals surface area (Å²) in [4.78, 5) is 0. The minimum Gasteiger partial charge on any atom is -0.491 e. The Kier molecular flexibility index (Phi) is 7.06. The van der Waals surface area contributed by atoms with E-state index in [0.717, 1.165) is 20.4 Å². The number of rotatable bonds is 8. The first kappa shape index (κ1) is 16.3. The van der Waals surface area contributed by atoms with Crippen LogP contribution in [-0.4, -0.2) is 26.4 Å². The lowest BCUT2D eigenvalue weighted by molar-refractivity contribution is 0.0764. The fourth-order valence-electron chi connectivity index (χ4n) is 1.65. The van der Waals surface area contributed by atoms with Crippen LogP contribution < -0.4 is 9.47 Å². The SMILES string of the molecule is Brc1cccc(OCCOCCOc2cccc(Br)c2)c1. The van der Waals surface area contributed by atoms with Gasteiger partial charge in [-0.1, -0.05) is 44.0 Å². The maximum atomic E-state index is 5.57. The predicted molar refractivity (Wildman–Crippen MR) is 90.1 cm³/mol. The third-order valence-corrected chi connectivity index (χ3v) is 3.57. The molecule has 2 aromatic rings. The zero-order chi connectivity index (χ0) is 14.9. The van der Waals surface area contributed by atoms with Gasteiger partial charge in [-0.2, -0.15) is 0 Å². The van der Waals surface area contributed by atoms with Crippen molar-refractivity contribution in [1.29, 1.82) is 0 Å². The van der Waals surface area contributed by atoms with Gasteiger partial charge in [0.05, 0.1) is 13.2 Å². The molecule has 0 fully saturated rings. The lowest BCUT2D eigenvalue weighted by atomic mass is 10.3. The van der Waals surface area contributed by atoms with Crippen molar-refractivity contribution in [3.8, 4) is 11.5 Å². The molecule has 21 heavy (non-hydrogen) atoms. The van der Waals surface area contributed by atoms with E-state index < -0.39 is 0 Å². The number of hydrogen-bond acceptors (Lipinski definition) is 3. The minimum absolute atomic E-state index is 0.521. The van der Waals surface area contributed by atoms with E-state index in [9.17, 15) is 0 Å². The van der Waals surface area contributed by atoms with Crippen LogP contribution in [0.1, 0.15) is 0 Å². The summed E-state index contributed by atoms with van der Waals surface area (Å²) in [6, 6.07) is 15.5. The van der Waals surface area contributed by atoms with E-state index in [4.69, 9.17) is 14.2 Å². The van der Waals surface area contributed by atoms with Crippen molar-refractivity contribution in [3.63, 3.8) is 0 Å². The van der Waals surface area contributed by atoms with E-state index in [1.807, 2.05) is 48.5 Å². The lowest BCUT2D eigenvalue weighted by Crippen LogP contribution is -2.12. The van der Waals surface area contributed by atoms with Gasteiger partial charge in [0.2, 0.25) is 0 Å². The Labute approximate surface area is 141 Å². The first-order chi connectivity index (χ1) is 10.2. The third kappa shape index (κ3) is 6.50. The van der Waals surface area contributed by atoms with E-state index in [1.54, 1.807) is 0 Å². The third-order valence-electron chi connectivity index (χ3n) is 2.58. The highest BCUT2D eigenvalue weighted by Gasteiger charge is 1.97. The van der Waals surface area contributed by atoms with Crippen molar-refractivity contribution in [2.75, 3.05) is 26.4 Å². The largest absolute Gasteiger partial charge is 0.491 e. The minimum atomic E-state index is 0.521. The molecule has 0 aliphatic heterocycles. The fraction of sp³-hybridized carbons (Fsp3) is 0.250. The molecule has 0 heterocycles. The number of halogens is 2. The molecule has 0 aliphatic rings. The van der Waals surface area contributed by atoms with Gasteiger partial charge in [-0.3, -0.25) is 0 Å². The van der Waals surface area contributed by atoms with Gasteiger partial charge in [0.25, 0.3) is 0 Å². The summed E-state index contributed by atoms with van der Waals surface area (Å²) in [5, 5.41) is 0. The summed E-state index contributed by atoms with van der Waals surface area (Å²) < 4.78 is 18.6. The van der Waals surface area contributed by atoms with Crippen LogP contribution in [0.4, 0.5) is 0 Å². The van der Waals surface area contributed by atoms with Crippen LogP contribution in [0.5, 0.6) is 11.5 Å². The molecule has 2 rings (SSSR count). The Morgan fingerprint density at radius 2 is 1.14 bits per heavy atom. The second-order valence-electron chi connectivity index (χ2n) is 4.22. The molecule has 0 saturated heterocycles. The van der Waals surface area contributed by atoms with E-state index in [2.05, 4.69) is 31.9 Å². The molecule has 2 aromatic carbocycles. The van der Waals surface area contributed by atoms with Gasteiger partial charge < -0.3 is 14.2 Å². The van der Waals surface area contributed by atoms with Crippen LogP contribution >= 0.6 is 31.9 Å². The van der Waals surface area contributed by atoms with Crippen LogP contribution in [0.2, 0.25) is 0 Å². The molecule has 5 heteroatoms. The summed E-state index contributed by atoms with van der Waals surface area (Å²) in [6.07, 6.45) is 0. The van der Waals surface area contributed by atoms with Gasteiger partial charge in [-0.05, 0) is 36.4 Å². The highest BCUT2D eigenvalue weighted by Crippen LogP contribution is 2.18. The Hall–Kier alpha value is -1.04. The maximum absolute atomic E-state index is 5.57. The molecule has 0 N–H and O–H groups in total. The Balaban J connectivity index is 1.54. The fourth-order valence-corrected chi connectivity index (χ4v) is 2.41. The summed E-state index contributed by atoms with van der Waals surface area (Å²) in [5.41, 5.74) is 0. The molecule has 0 aliphatic carbocycles. The molecule has 0 aromatic heterocycles. The van der Waals surface area contributed by atoms with Crippen LogP contribution in [0.15, 0.2) is 57.5 Å². The molecule has 0 bridgehead atoms. The molecule has 0 radical (unpaired) electrons. The van der Waals surface area contributed by atoms with Gasteiger partial charge in [-0.25, -0.2) is 0 Å². The second-order valence-corrected chi connectivity index (χ2v) is 6.06. The number of hydrogen-bond donors (Lipinski definition) is 0. The van der Waals surface area contributed by atoms with Gasteiger partial charge in [-0.15, -0.1) is 0 Å². The lowest BCUT2D eigenvalue weighted by Gasteiger charge is -2.09. The van der Waals surface area contributed by atoms with Crippen molar-refractivity contribution in [2.45, 2.75) is 0 Å². The highest BCUT2D eigenvalue weighted by molar-refractivity contribution is 9.10. The predicted octanol–water partition coefficient (Wildman–Crippen LogP) is 4.69. The molecular weight excluding hydrogens is 400 g/mol. The monoisotopic (exact) mass is 414 g/mol. The van der Waals surface area contributed by atoms with Crippen LogP contribution in [0.25, 0.3) is 0 Å². The quantitative estimate of drug-likeness (QED) is 0.585. The first-order valence-corrected chi connectivity index (χ1v) is 8.17. The van der Waals surface area contributed by atoms with Crippen molar-refractivity contribution in [3.05, 3.63) is 57.5 Å². The van der Waals surface area contributed by atoms with Crippen molar-refractivity contribution in [2.24, 2.45) is 0 Å². The molecule has 0 amide bonds. The molecule has 3 nitrogen and oxygen atoms in total. The summed E-state index contributed by atoms with van der Waals surface area (Å²) in [7, 11) is 0. The topological polar surface area (TPSA) is 27.7 Å². The second kappa shape index (κ2) is 9.07. The zero-order valence-corrected chi connectivity index (χ0v) is 14.6. The molecule has 0 saturated carbocycles. The average molecular weight is 416 g/mol. The van der Waals surface area contributed by atoms with Gasteiger partial charge in [0.15, 0.2) is 0 Å². The maximum Gasteiger partial charge on any atom is 0.120 e. The Morgan fingerprint density at radius 3 is 1.57 bits per heavy atom. The van der Waals surface area contributed by atoms with Gasteiger partial charge >= 0.3 is 0 Å². The zero-order valence-electron chi connectivity index (χ0n) is 11.4. The number of ether oxygens (including phenoxy) is 3. The molecule has 0 unspecified atom stereocenters. The van der Waals surface area contributed by atoms with Gasteiger partial charge in [0, 0.05) is 8.95 Å².